The van der Waals surface area contributed by atoms with Crippen molar-refractivity contribution in [3.63, 3.8) is 0 Å². The second-order valence-corrected chi connectivity index (χ2v) is 7.96. The molecule has 1 aliphatic heterocycles. The van der Waals surface area contributed by atoms with Crippen LogP contribution in [0.2, 0.25) is 0 Å². The van der Waals surface area contributed by atoms with Gasteiger partial charge in [0, 0.05) is 15.6 Å². The van der Waals surface area contributed by atoms with E-state index < -0.39 is 5.91 Å². The fraction of sp³-hybridized carbons (Fsp3) is 0.0556. The number of ether oxygens (including phenoxy) is 1. The molecule has 3 rings (SSSR count). The third-order valence-electron chi connectivity index (χ3n) is 3.40. The van der Waals surface area contributed by atoms with Crippen LogP contribution in [0, 0.1) is 0 Å². The predicted octanol–water partition coefficient (Wildman–Crippen LogP) is 4.62. The van der Waals surface area contributed by atoms with Gasteiger partial charge < -0.3 is 10.1 Å². The normalized spacial score (nSPS) is 16.8. The standard InChI is InChI=1S/C18H12Br2N2O3S/c1-25-15-11(7-12(19)9-13(15)20)8-14-17(24)22-18(26-14)21-16(23)10-5-3-2-4-6-10/h2-9H,1H3,(H,21,22,23,24)/b14-8-. The molecule has 0 saturated carbocycles. The van der Waals surface area contributed by atoms with Crippen molar-refractivity contribution in [2.45, 2.75) is 0 Å². The molecule has 2 amide bonds. The smallest absolute Gasteiger partial charge is 0.279 e. The molecular formula is C18H12Br2N2O3S. The monoisotopic (exact) mass is 494 g/mol. The topological polar surface area (TPSA) is 67.8 Å². The highest BCUT2D eigenvalue weighted by molar-refractivity contribution is 9.11. The first-order valence-corrected chi connectivity index (χ1v) is 9.80. The predicted molar refractivity (Wildman–Crippen MR) is 110 cm³/mol. The Hall–Kier alpha value is -1.90. The minimum Gasteiger partial charge on any atom is -0.495 e. The lowest BCUT2D eigenvalue weighted by Crippen LogP contribution is -2.20. The van der Waals surface area contributed by atoms with E-state index >= 15 is 0 Å². The number of benzene rings is 2. The average molecular weight is 496 g/mol. The number of rotatable bonds is 3. The number of aliphatic imine (C=N–C) groups is 1. The van der Waals surface area contributed by atoms with Crippen LogP contribution < -0.4 is 10.1 Å². The van der Waals surface area contributed by atoms with Gasteiger partial charge in [-0.25, -0.2) is 0 Å². The van der Waals surface area contributed by atoms with E-state index in [1.807, 2.05) is 18.2 Å². The van der Waals surface area contributed by atoms with Gasteiger partial charge in [-0.2, -0.15) is 4.99 Å². The molecule has 1 saturated heterocycles. The van der Waals surface area contributed by atoms with Gasteiger partial charge in [-0.05, 0) is 58.0 Å². The van der Waals surface area contributed by atoms with E-state index in [1.165, 1.54) is 0 Å². The zero-order valence-corrected chi connectivity index (χ0v) is 17.4. The van der Waals surface area contributed by atoms with Crippen molar-refractivity contribution in [2.75, 3.05) is 7.11 Å². The number of carbonyl (C=O) groups excluding carboxylic acids is 2. The molecule has 1 fully saturated rings. The number of carbonyl (C=O) groups is 2. The second-order valence-electron chi connectivity index (χ2n) is 5.16. The van der Waals surface area contributed by atoms with Gasteiger partial charge in [-0.15, -0.1) is 0 Å². The molecule has 2 aromatic rings. The maximum Gasteiger partial charge on any atom is 0.279 e. The largest absolute Gasteiger partial charge is 0.495 e. The van der Waals surface area contributed by atoms with E-state index in [1.54, 1.807) is 37.5 Å². The molecule has 1 N–H and O–H groups in total. The van der Waals surface area contributed by atoms with Gasteiger partial charge in [-0.1, -0.05) is 34.1 Å². The molecule has 26 heavy (non-hydrogen) atoms. The Morgan fingerprint density at radius 2 is 1.96 bits per heavy atom. The van der Waals surface area contributed by atoms with Crippen molar-refractivity contribution in [2.24, 2.45) is 4.99 Å². The highest BCUT2D eigenvalue weighted by Gasteiger charge is 2.25. The van der Waals surface area contributed by atoms with E-state index in [0.717, 1.165) is 26.3 Å². The third kappa shape index (κ3) is 4.25. The van der Waals surface area contributed by atoms with Crippen LogP contribution in [0.3, 0.4) is 0 Å². The lowest BCUT2D eigenvalue weighted by atomic mass is 10.2. The summed E-state index contributed by atoms with van der Waals surface area (Å²) in [6.07, 6.45) is 1.70. The number of nitrogens with zero attached hydrogens (tertiary/aromatic N) is 1. The summed E-state index contributed by atoms with van der Waals surface area (Å²) in [7, 11) is 1.56. The molecule has 0 aromatic heterocycles. The van der Waals surface area contributed by atoms with Crippen LogP contribution in [0.5, 0.6) is 5.75 Å². The average Bonchev–Trinajstić information content (AvgIpc) is 2.94. The molecule has 0 radical (unpaired) electrons. The van der Waals surface area contributed by atoms with Crippen LogP contribution in [-0.2, 0) is 4.79 Å². The number of hydrogen-bond acceptors (Lipinski definition) is 4. The summed E-state index contributed by atoms with van der Waals surface area (Å²) < 4.78 is 6.99. The molecular weight excluding hydrogens is 484 g/mol. The summed E-state index contributed by atoms with van der Waals surface area (Å²) in [5.74, 6) is -0.106. The number of amides is 2. The van der Waals surface area contributed by atoms with Crippen molar-refractivity contribution in [1.29, 1.82) is 0 Å². The van der Waals surface area contributed by atoms with Crippen LogP contribution >= 0.6 is 43.6 Å². The van der Waals surface area contributed by atoms with Crippen LogP contribution in [0.15, 0.2) is 61.3 Å². The third-order valence-corrected chi connectivity index (χ3v) is 5.36. The Balaban J connectivity index is 1.88. The van der Waals surface area contributed by atoms with Crippen molar-refractivity contribution in [3.8, 4) is 5.75 Å². The number of amidine groups is 1. The van der Waals surface area contributed by atoms with Gasteiger partial charge in [-0.3, -0.25) is 9.59 Å². The lowest BCUT2D eigenvalue weighted by molar-refractivity contribution is -0.115. The highest BCUT2D eigenvalue weighted by atomic mass is 79.9. The van der Waals surface area contributed by atoms with Gasteiger partial charge in [0.15, 0.2) is 5.17 Å². The van der Waals surface area contributed by atoms with Gasteiger partial charge in [0.2, 0.25) is 0 Å². The summed E-state index contributed by atoms with van der Waals surface area (Å²) in [5, 5.41) is 2.87. The minimum atomic E-state index is -0.405. The Morgan fingerprint density at radius 1 is 1.23 bits per heavy atom. The SMILES string of the molecule is COc1c(Br)cc(Br)cc1/C=C1\SC(=NC(=O)c2ccccc2)NC1=O. The summed E-state index contributed by atoms with van der Waals surface area (Å²) in [4.78, 5) is 28.8. The van der Waals surface area contributed by atoms with Crippen LogP contribution in [0.25, 0.3) is 6.08 Å². The van der Waals surface area contributed by atoms with Crippen LogP contribution in [0.4, 0.5) is 0 Å². The van der Waals surface area contributed by atoms with Gasteiger partial charge in [0.05, 0.1) is 16.5 Å². The summed E-state index contributed by atoms with van der Waals surface area (Å²) in [6.45, 7) is 0. The number of methoxy groups -OCH3 is 1. The van der Waals surface area contributed by atoms with Gasteiger partial charge in [0.1, 0.15) is 5.75 Å². The molecule has 1 heterocycles. The summed E-state index contributed by atoms with van der Waals surface area (Å²) >= 11 is 7.96. The number of thioether (sulfide) groups is 1. The molecule has 132 valence electrons. The van der Waals surface area contributed by atoms with E-state index in [4.69, 9.17) is 4.74 Å². The quantitative estimate of drug-likeness (QED) is 0.631. The zero-order chi connectivity index (χ0) is 18.7. The lowest BCUT2D eigenvalue weighted by Gasteiger charge is -2.08. The van der Waals surface area contributed by atoms with E-state index in [-0.39, 0.29) is 11.1 Å². The zero-order valence-electron chi connectivity index (χ0n) is 13.5. The Bertz CT molecular complexity index is 943. The number of halogens is 2. The Labute approximate surface area is 171 Å². The van der Waals surface area contributed by atoms with E-state index in [2.05, 4.69) is 42.2 Å². The summed E-state index contributed by atoms with van der Waals surface area (Å²) in [6, 6.07) is 12.4. The first kappa shape index (κ1) is 18.9. The first-order chi connectivity index (χ1) is 12.5. The second kappa shape index (κ2) is 8.20. The molecule has 8 heteroatoms. The van der Waals surface area contributed by atoms with Crippen molar-refractivity contribution < 1.29 is 14.3 Å². The molecule has 0 unspecified atom stereocenters. The minimum absolute atomic E-state index is 0.253. The van der Waals surface area contributed by atoms with E-state index in [0.29, 0.717) is 16.2 Å². The Morgan fingerprint density at radius 3 is 2.65 bits per heavy atom. The molecule has 1 aliphatic rings. The van der Waals surface area contributed by atoms with Gasteiger partial charge >= 0.3 is 0 Å². The number of nitrogens with one attached hydrogen (secondary N) is 1. The maximum absolute atomic E-state index is 12.2. The molecule has 0 spiro atoms. The molecule has 2 aromatic carbocycles. The first-order valence-electron chi connectivity index (χ1n) is 7.40. The van der Waals surface area contributed by atoms with E-state index in [9.17, 15) is 9.59 Å². The molecule has 0 aliphatic carbocycles. The molecule has 0 bridgehead atoms. The maximum atomic E-state index is 12.2. The fourth-order valence-corrected chi connectivity index (χ4v) is 4.49. The fourth-order valence-electron chi connectivity index (χ4n) is 2.26. The van der Waals surface area contributed by atoms with Crippen molar-refractivity contribution in [1.82, 2.24) is 5.32 Å². The Kier molecular flexibility index (Phi) is 5.95. The molecule has 0 atom stereocenters. The summed E-state index contributed by atoms with van der Waals surface area (Å²) in [5.41, 5.74) is 1.19. The van der Waals surface area contributed by atoms with Crippen LogP contribution in [-0.4, -0.2) is 24.1 Å². The highest BCUT2D eigenvalue weighted by Crippen LogP contribution is 2.36. The van der Waals surface area contributed by atoms with Crippen LogP contribution in [0.1, 0.15) is 15.9 Å². The van der Waals surface area contributed by atoms with Crippen molar-refractivity contribution in [3.05, 3.63) is 67.4 Å². The molecule has 5 nitrogen and oxygen atoms in total. The van der Waals surface area contributed by atoms with Gasteiger partial charge in [0.25, 0.3) is 11.8 Å². The number of hydrogen-bond donors (Lipinski definition) is 1. The van der Waals surface area contributed by atoms with Crippen molar-refractivity contribution >= 4 is 66.7 Å².